The van der Waals surface area contributed by atoms with Crippen molar-refractivity contribution < 1.29 is 19.1 Å². The Balaban J connectivity index is 0.00000529. The van der Waals surface area contributed by atoms with Crippen molar-refractivity contribution in [3.05, 3.63) is 35.6 Å². The van der Waals surface area contributed by atoms with Crippen molar-refractivity contribution in [2.45, 2.75) is 33.2 Å². The molecule has 1 aromatic rings. The highest BCUT2D eigenvalue weighted by atomic mass is 35.5. The first-order valence-corrected chi connectivity index (χ1v) is 7.82. The maximum Gasteiger partial charge on any atom is 0.317 e. The Bertz CT molecular complexity index is 523. The second-order valence-electron chi connectivity index (χ2n) is 5.95. The van der Waals surface area contributed by atoms with E-state index in [0.29, 0.717) is 6.54 Å². The van der Waals surface area contributed by atoms with E-state index in [4.69, 9.17) is 5.11 Å². The van der Waals surface area contributed by atoms with Gasteiger partial charge in [0.15, 0.2) is 0 Å². The summed E-state index contributed by atoms with van der Waals surface area (Å²) >= 11 is 0. The number of halogens is 2. The number of nitrogens with zero attached hydrogens (tertiary/aromatic N) is 1. The molecule has 1 unspecified atom stereocenters. The van der Waals surface area contributed by atoms with Gasteiger partial charge < -0.3 is 10.4 Å². The van der Waals surface area contributed by atoms with E-state index < -0.39 is 5.97 Å². The monoisotopic (exact) mass is 360 g/mol. The number of hydrogen-bond acceptors (Lipinski definition) is 3. The van der Waals surface area contributed by atoms with Crippen LogP contribution in [-0.4, -0.2) is 41.5 Å². The fraction of sp³-hybridized carbons (Fsp3) is 0.529. The van der Waals surface area contributed by atoms with Gasteiger partial charge in [0.05, 0.1) is 19.1 Å². The molecule has 1 rings (SSSR count). The second kappa shape index (κ2) is 11.0. The van der Waals surface area contributed by atoms with Crippen molar-refractivity contribution in [3.8, 4) is 0 Å². The van der Waals surface area contributed by atoms with Gasteiger partial charge in [0.25, 0.3) is 0 Å². The van der Waals surface area contributed by atoms with E-state index in [1.807, 2.05) is 20.8 Å². The highest BCUT2D eigenvalue weighted by Gasteiger charge is 2.20. The van der Waals surface area contributed by atoms with Gasteiger partial charge in [-0.05, 0) is 36.6 Å². The van der Waals surface area contributed by atoms with Crippen LogP contribution in [0.3, 0.4) is 0 Å². The van der Waals surface area contributed by atoms with Crippen LogP contribution in [0, 0.1) is 11.7 Å². The average molecular weight is 361 g/mol. The van der Waals surface area contributed by atoms with E-state index >= 15 is 0 Å². The standard InChI is InChI=1S/C17H25FN2O3.ClH/c1-4-9-20(11-16(22)23)10-15(21)19-17(12(2)3)13-5-7-14(18)8-6-13;/h5-8,12,17H,4,9-11H2,1-3H3,(H,19,21)(H,22,23);1H. The van der Waals surface area contributed by atoms with Crippen LogP contribution in [0.25, 0.3) is 0 Å². The van der Waals surface area contributed by atoms with Crippen LogP contribution in [0.5, 0.6) is 0 Å². The molecule has 0 bridgehead atoms. The first-order chi connectivity index (χ1) is 10.8. The molecule has 0 heterocycles. The third-order valence-electron chi connectivity index (χ3n) is 3.48. The molecule has 1 aromatic carbocycles. The molecular weight excluding hydrogens is 335 g/mol. The van der Waals surface area contributed by atoms with Gasteiger partial charge in [0, 0.05) is 0 Å². The summed E-state index contributed by atoms with van der Waals surface area (Å²) in [6.45, 7) is 6.28. The van der Waals surface area contributed by atoms with Gasteiger partial charge in [-0.2, -0.15) is 0 Å². The summed E-state index contributed by atoms with van der Waals surface area (Å²) in [6.07, 6.45) is 0.770. The molecule has 1 amide bonds. The van der Waals surface area contributed by atoms with Crippen molar-refractivity contribution in [2.75, 3.05) is 19.6 Å². The second-order valence-corrected chi connectivity index (χ2v) is 5.95. The number of rotatable bonds is 9. The Morgan fingerprint density at radius 1 is 1.21 bits per heavy atom. The number of hydrogen-bond donors (Lipinski definition) is 2. The van der Waals surface area contributed by atoms with Gasteiger partial charge in [0.1, 0.15) is 5.82 Å². The van der Waals surface area contributed by atoms with E-state index in [-0.39, 0.29) is 49.2 Å². The lowest BCUT2D eigenvalue weighted by atomic mass is 9.96. The van der Waals surface area contributed by atoms with E-state index in [0.717, 1.165) is 12.0 Å². The summed E-state index contributed by atoms with van der Waals surface area (Å²) in [5.41, 5.74) is 0.829. The summed E-state index contributed by atoms with van der Waals surface area (Å²) in [5, 5.41) is 11.8. The number of carbonyl (C=O) groups excluding carboxylic acids is 1. The summed E-state index contributed by atoms with van der Waals surface area (Å²) in [7, 11) is 0. The molecule has 2 N–H and O–H groups in total. The zero-order valence-corrected chi connectivity index (χ0v) is 15.1. The van der Waals surface area contributed by atoms with Gasteiger partial charge in [-0.25, -0.2) is 4.39 Å². The molecule has 0 aliphatic rings. The maximum atomic E-state index is 13.0. The molecule has 7 heteroatoms. The maximum absolute atomic E-state index is 13.0. The zero-order chi connectivity index (χ0) is 17.4. The quantitative estimate of drug-likeness (QED) is 0.710. The highest BCUT2D eigenvalue weighted by molar-refractivity contribution is 5.85. The van der Waals surface area contributed by atoms with E-state index in [2.05, 4.69) is 5.32 Å². The summed E-state index contributed by atoms with van der Waals surface area (Å²) < 4.78 is 13.0. The number of carboxylic acids is 1. The molecular formula is C17H26ClFN2O3. The van der Waals surface area contributed by atoms with Crippen LogP contribution in [-0.2, 0) is 9.59 Å². The van der Waals surface area contributed by atoms with Crippen molar-refractivity contribution in [1.82, 2.24) is 10.2 Å². The van der Waals surface area contributed by atoms with Crippen molar-refractivity contribution in [2.24, 2.45) is 5.92 Å². The Hall–Kier alpha value is -1.66. The minimum atomic E-state index is -0.954. The lowest BCUT2D eigenvalue weighted by Crippen LogP contribution is -2.42. The molecule has 0 radical (unpaired) electrons. The van der Waals surface area contributed by atoms with Gasteiger partial charge in [0.2, 0.25) is 5.91 Å². The molecule has 0 saturated heterocycles. The van der Waals surface area contributed by atoms with Crippen molar-refractivity contribution in [3.63, 3.8) is 0 Å². The van der Waals surface area contributed by atoms with E-state index in [1.54, 1.807) is 17.0 Å². The smallest absolute Gasteiger partial charge is 0.317 e. The first kappa shape index (κ1) is 22.3. The topological polar surface area (TPSA) is 69.6 Å². The van der Waals surface area contributed by atoms with Gasteiger partial charge >= 0.3 is 5.97 Å². The van der Waals surface area contributed by atoms with Crippen LogP contribution < -0.4 is 5.32 Å². The zero-order valence-electron chi connectivity index (χ0n) is 14.3. The molecule has 0 saturated carbocycles. The summed E-state index contributed by atoms with van der Waals surface area (Å²) in [4.78, 5) is 24.7. The van der Waals surface area contributed by atoms with Gasteiger partial charge in [-0.3, -0.25) is 14.5 Å². The Labute approximate surface area is 148 Å². The Kier molecular flexibility index (Phi) is 10.2. The fourth-order valence-corrected chi connectivity index (χ4v) is 2.45. The van der Waals surface area contributed by atoms with Gasteiger partial charge in [-0.1, -0.05) is 32.9 Å². The minimum Gasteiger partial charge on any atom is -0.480 e. The SMILES string of the molecule is CCCN(CC(=O)O)CC(=O)NC(c1ccc(F)cc1)C(C)C.Cl. The average Bonchev–Trinajstić information content (AvgIpc) is 2.45. The third-order valence-corrected chi connectivity index (χ3v) is 3.48. The van der Waals surface area contributed by atoms with Crippen LogP contribution in [0.1, 0.15) is 38.8 Å². The Morgan fingerprint density at radius 3 is 2.25 bits per heavy atom. The minimum absolute atomic E-state index is 0. The molecule has 5 nitrogen and oxygen atoms in total. The number of carbonyl (C=O) groups is 2. The molecule has 136 valence electrons. The normalized spacial score (nSPS) is 11.9. The number of amides is 1. The molecule has 0 aliphatic heterocycles. The number of benzene rings is 1. The fourth-order valence-electron chi connectivity index (χ4n) is 2.45. The van der Waals surface area contributed by atoms with E-state index in [1.165, 1.54) is 12.1 Å². The first-order valence-electron chi connectivity index (χ1n) is 7.82. The largest absolute Gasteiger partial charge is 0.480 e. The van der Waals surface area contributed by atoms with Crippen molar-refractivity contribution in [1.29, 1.82) is 0 Å². The molecule has 24 heavy (non-hydrogen) atoms. The molecule has 0 aromatic heterocycles. The predicted octanol–water partition coefficient (Wildman–Crippen LogP) is 2.86. The molecule has 1 atom stereocenters. The Morgan fingerprint density at radius 2 is 1.79 bits per heavy atom. The molecule has 0 spiro atoms. The van der Waals surface area contributed by atoms with Crippen LogP contribution >= 0.6 is 12.4 Å². The van der Waals surface area contributed by atoms with Gasteiger partial charge in [-0.15, -0.1) is 12.4 Å². The van der Waals surface area contributed by atoms with Crippen LogP contribution in [0.15, 0.2) is 24.3 Å². The number of carboxylic acid groups (broad SMARTS) is 1. The van der Waals surface area contributed by atoms with Crippen molar-refractivity contribution >= 4 is 24.3 Å². The molecule has 0 aliphatic carbocycles. The summed E-state index contributed by atoms with van der Waals surface area (Å²) in [5.74, 6) is -1.38. The lowest BCUT2D eigenvalue weighted by molar-refractivity contribution is -0.138. The molecule has 0 fully saturated rings. The predicted molar refractivity (Wildman–Crippen MR) is 93.7 cm³/mol. The lowest BCUT2D eigenvalue weighted by Gasteiger charge is -2.25. The summed E-state index contributed by atoms with van der Waals surface area (Å²) in [6, 6.07) is 5.80. The van der Waals surface area contributed by atoms with Crippen LogP contribution in [0.2, 0.25) is 0 Å². The number of aliphatic carboxylic acids is 1. The van der Waals surface area contributed by atoms with E-state index in [9.17, 15) is 14.0 Å². The van der Waals surface area contributed by atoms with Crippen LogP contribution in [0.4, 0.5) is 4.39 Å². The third kappa shape index (κ3) is 7.75. The number of nitrogens with one attached hydrogen (secondary N) is 1. The highest BCUT2D eigenvalue weighted by Crippen LogP contribution is 2.21.